The molecule has 24 heavy (non-hydrogen) atoms. The van der Waals surface area contributed by atoms with E-state index >= 15 is 0 Å². The van der Waals surface area contributed by atoms with Gasteiger partial charge in [0, 0.05) is 10.5 Å². The number of halogens is 1. The fourth-order valence-corrected chi connectivity index (χ4v) is 3.56. The summed E-state index contributed by atoms with van der Waals surface area (Å²) in [4.78, 5) is 0.197. The fraction of sp³-hybridized carbons (Fsp3) is 0.118. The molecule has 124 valence electrons. The van der Waals surface area contributed by atoms with Crippen molar-refractivity contribution in [2.24, 2.45) is 0 Å². The Hall–Kier alpha value is -2.12. The van der Waals surface area contributed by atoms with E-state index in [1.807, 2.05) is 38.1 Å². The molecule has 0 aliphatic heterocycles. The summed E-state index contributed by atoms with van der Waals surface area (Å²) in [6.45, 7) is 3.85. The van der Waals surface area contributed by atoms with Gasteiger partial charge in [-0.1, -0.05) is 45.8 Å². The number of nitrogens with one attached hydrogen (secondary N) is 2. The Bertz CT molecular complexity index is 979. The quantitative estimate of drug-likeness (QED) is 0.680. The van der Waals surface area contributed by atoms with Crippen LogP contribution >= 0.6 is 15.9 Å². The van der Waals surface area contributed by atoms with E-state index in [0.717, 1.165) is 26.9 Å². The zero-order valence-electron chi connectivity index (χ0n) is 13.2. The monoisotopic (exact) mass is 405 g/mol. The van der Waals surface area contributed by atoms with Gasteiger partial charge in [-0.05, 0) is 43.2 Å². The Kier molecular flexibility index (Phi) is 4.47. The molecule has 0 aliphatic carbocycles. The molecule has 0 aliphatic rings. The zero-order chi connectivity index (χ0) is 17.3. The first-order valence-electron chi connectivity index (χ1n) is 7.26. The lowest BCUT2D eigenvalue weighted by Gasteiger charge is -2.07. The molecule has 3 rings (SSSR count). The number of hydrogen-bond donors (Lipinski definition) is 2. The molecule has 1 heterocycles. The summed E-state index contributed by atoms with van der Waals surface area (Å²) in [5, 5.41) is 6.89. The first kappa shape index (κ1) is 16.7. The highest BCUT2D eigenvalue weighted by atomic mass is 79.9. The van der Waals surface area contributed by atoms with Crippen LogP contribution in [0.25, 0.3) is 11.3 Å². The van der Waals surface area contributed by atoms with Crippen molar-refractivity contribution in [1.29, 1.82) is 0 Å². The number of sulfonamides is 1. The molecule has 3 aromatic rings. The molecule has 0 radical (unpaired) electrons. The third-order valence-corrected chi connectivity index (χ3v) is 5.86. The average Bonchev–Trinajstić information content (AvgIpc) is 2.98. The highest BCUT2D eigenvalue weighted by Crippen LogP contribution is 2.24. The molecule has 0 fully saturated rings. The van der Waals surface area contributed by atoms with E-state index in [-0.39, 0.29) is 10.7 Å². The predicted octanol–water partition coefficient (Wildman–Crippen LogP) is 4.26. The van der Waals surface area contributed by atoms with Gasteiger partial charge in [-0.2, -0.15) is 5.10 Å². The molecule has 0 spiro atoms. The number of rotatable bonds is 4. The highest BCUT2D eigenvalue weighted by molar-refractivity contribution is 9.10. The second-order valence-electron chi connectivity index (χ2n) is 5.55. The summed E-state index contributed by atoms with van der Waals surface area (Å²) in [6, 6.07) is 14.4. The third-order valence-electron chi connectivity index (χ3n) is 3.62. The van der Waals surface area contributed by atoms with Crippen LogP contribution in [0.15, 0.2) is 57.9 Å². The minimum Gasteiger partial charge on any atom is -0.276 e. The Morgan fingerprint density at radius 1 is 1.04 bits per heavy atom. The summed E-state index contributed by atoms with van der Waals surface area (Å²) in [7, 11) is -3.68. The standard InChI is InChI=1S/C17H16BrN3O2S/c1-11-3-5-13(6-4-11)16-10-17(20-19-16)21-24(22,23)14-7-8-15(18)12(2)9-14/h3-10H,1-2H3,(H2,19,20,21). The van der Waals surface area contributed by atoms with Crippen LogP contribution in [0.2, 0.25) is 0 Å². The van der Waals surface area contributed by atoms with Gasteiger partial charge in [0.15, 0.2) is 5.82 Å². The van der Waals surface area contributed by atoms with Gasteiger partial charge in [0.05, 0.1) is 10.6 Å². The van der Waals surface area contributed by atoms with Crippen LogP contribution in [0.3, 0.4) is 0 Å². The van der Waals surface area contributed by atoms with E-state index in [4.69, 9.17) is 0 Å². The molecular weight excluding hydrogens is 390 g/mol. The second-order valence-corrected chi connectivity index (χ2v) is 8.09. The van der Waals surface area contributed by atoms with E-state index in [1.165, 1.54) is 0 Å². The van der Waals surface area contributed by atoms with Crippen LogP contribution in [-0.2, 0) is 10.0 Å². The lowest BCUT2D eigenvalue weighted by Crippen LogP contribution is -2.13. The van der Waals surface area contributed by atoms with Crippen molar-refractivity contribution >= 4 is 31.8 Å². The number of aromatic nitrogens is 2. The average molecular weight is 406 g/mol. The summed E-state index contributed by atoms with van der Waals surface area (Å²) in [6.07, 6.45) is 0. The van der Waals surface area contributed by atoms with Gasteiger partial charge in [0.25, 0.3) is 10.0 Å². The van der Waals surface area contributed by atoms with Gasteiger partial charge in [0.2, 0.25) is 0 Å². The van der Waals surface area contributed by atoms with E-state index in [0.29, 0.717) is 0 Å². The SMILES string of the molecule is Cc1ccc(-c2cc(NS(=O)(=O)c3ccc(Br)c(C)c3)n[nH]2)cc1. The van der Waals surface area contributed by atoms with Gasteiger partial charge in [-0.3, -0.25) is 9.82 Å². The van der Waals surface area contributed by atoms with Gasteiger partial charge < -0.3 is 0 Å². The van der Waals surface area contributed by atoms with Crippen LogP contribution < -0.4 is 4.72 Å². The first-order chi connectivity index (χ1) is 11.3. The van der Waals surface area contributed by atoms with E-state index in [2.05, 4.69) is 30.8 Å². The number of benzene rings is 2. The van der Waals surface area contributed by atoms with Crippen LogP contribution in [0.5, 0.6) is 0 Å². The maximum absolute atomic E-state index is 12.5. The van der Waals surface area contributed by atoms with Gasteiger partial charge >= 0.3 is 0 Å². The Morgan fingerprint density at radius 2 is 1.75 bits per heavy atom. The molecule has 2 aromatic carbocycles. The molecule has 7 heteroatoms. The van der Waals surface area contributed by atoms with Crippen molar-refractivity contribution in [3.8, 4) is 11.3 Å². The molecular formula is C17H16BrN3O2S. The third kappa shape index (κ3) is 3.52. The number of anilines is 1. The van der Waals surface area contributed by atoms with Gasteiger partial charge in [0.1, 0.15) is 0 Å². The molecule has 0 unspecified atom stereocenters. The lowest BCUT2D eigenvalue weighted by atomic mass is 10.1. The molecule has 5 nitrogen and oxygen atoms in total. The number of aromatic amines is 1. The minimum atomic E-state index is -3.68. The molecule has 2 N–H and O–H groups in total. The molecule has 0 saturated carbocycles. The number of nitrogens with zero attached hydrogens (tertiary/aromatic N) is 1. The number of aryl methyl sites for hydroxylation is 2. The van der Waals surface area contributed by atoms with Crippen molar-refractivity contribution in [3.63, 3.8) is 0 Å². The normalized spacial score (nSPS) is 11.5. The fourth-order valence-electron chi connectivity index (χ4n) is 2.24. The van der Waals surface area contributed by atoms with Crippen LogP contribution in [0.1, 0.15) is 11.1 Å². The topological polar surface area (TPSA) is 74.8 Å². The number of hydrogen-bond acceptors (Lipinski definition) is 3. The van der Waals surface area contributed by atoms with Crippen LogP contribution in [-0.4, -0.2) is 18.6 Å². The maximum Gasteiger partial charge on any atom is 0.263 e. The molecule has 1 aromatic heterocycles. The van der Waals surface area contributed by atoms with Gasteiger partial charge in [-0.15, -0.1) is 0 Å². The first-order valence-corrected chi connectivity index (χ1v) is 9.54. The van der Waals surface area contributed by atoms with Gasteiger partial charge in [-0.25, -0.2) is 8.42 Å². The molecule has 0 atom stereocenters. The van der Waals surface area contributed by atoms with Crippen molar-refractivity contribution in [1.82, 2.24) is 10.2 Å². The Morgan fingerprint density at radius 3 is 2.42 bits per heavy atom. The molecule has 0 bridgehead atoms. The molecule has 0 amide bonds. The van der Waals surface area contributed by atoms with Crippen LogP contribution in [0, 0.1) is 13.8 Å². The predicted molar refractivity (Wildman–Crippen MR) is 98.4 cm³/mol. The lowest BCUT2D eigenvalue weighted by molar-refractivity contribution is 0.601. The maximum atomic E-state index is 12.5. The van der Waals surface area contributed by atoms with Crippen molar-refractivity contribution in [2.45, 2.75) is 18.7 Å². The van der Waals surface area contributed by atoms with Crippen LogP contribution in [0.4, 0.5) is 5.82 Å². The van der Waals surface area contributed by atoms with E-state index in [1.54, 1.807) is 24.3 Å². The summed E-state index contributed by atoms with van der Waals surface area (Å²) in [5.74, 6) is 0.256. The summed E-state index contributed by atoms with van der Waals surface area (Å²) < 4.78 is 28.3. The van der Waals surface area contributed by atoms with E-state index < -0.39 is 10.0 Å². The summed E-state index contributed by atoms with van der Waals surface area (Å²) >= 11 is 3.36. The van der Waals surface area contributed by atoms with Crippen molar-refractivity contribution in [2.75, 3.05) is 4.72 Å². The highest BCUT2D eigenvalue weighted by Gasteiger charge is 2.17. The minimum absolute atomic E-state index is 0.197. The Labute approximate surface area is 149 Å². The molecule has 0 saturated heterocycles. The smallest absolute Gasteiger partial charge is 0.263 e. The van der Waals surface area contributed by atoms with Crippen molar-refractivity contribution in [3.05, 3.63) is 64.1 Å². The summed E-state index contributed by atoms with van der Waals surface area (Å²) in [5.41, 5.74) is 3.70. The number of H-pyrrole nitrogens is 1. The van der Waals surface area contributed by atoms with E-state index in [9.17, 15) is 8.42 Å². The van der Waals surface area contributed by atoms with Crippen molar-refractivity contribution < 1.29 is 8.42 Å². The zero-order valence-corrected chi connectivity index (χ0v) is 15.6. The second kappa shape index (κ2) is 6.41. The Balaban J connectivity index is 1.85. The largest absolute Gasteiger partial charge is 0.276 e.